The van der Waals surface area contributed by atoms with Crippen LogP contribution in [-0.4, -0.2) is 29.8 Å². The molecule has 0 spiro atoms. The van der Waals surface area contributed by atoms with Crippen LogP contribution >= 0.6 is 11.3 Å². The van der Waals surface area contributed by atoms with Crippen molar-refractivity contribution in [3.8, 4) is 0 Å². The van der Waals surface area contributed by atoms with Crippen LogP contribution in [0.15, 0.2) is 52.6 Å². The summed E-state index contributed by atoms with van der Waals surface area (Å²) in [5.74, 6) is -1.42. The van der Waals surface area contributed by atoms with Gasteiger partial charge in [0.2, 0.25) is 0 Å². The Labute approximate surface area is 175 Å². The second-order valence-corrected chi connectivity index (χ2v) is 7.87. The van der Waals surface area contributed by atoms with Gasteiger partial charge in [-0.05, 0) is 35.4 Å². The van der Waals surface area contributed by atoms with E-state index in [0.29, 0.717) is 24.1 Å². The molecule has 1 aliphatic carbocycles. The molecule has 0 aliphatic heterocycles. The third-order valence-corrected chi connectivity index (χ3v) is 6.00. The molecule has 1 unspecified atom stereocenters. The summed E-state index contributed by atoms with van der Waals surface area (Å²) in [6.07, 6.45) is 0.820. The number of aromatic amines is 1. The highest BCUT2D eigenvalue weighted by atomic mass is 32.1. The van der Waals surface area contributed by atoms with Crippen molar-refractivity contribution in [3.63, 3.8) is 0 Å². The Balaban J connectivity index is 1.62. The van der Waals surface area contributed by atoms with Gasteiger partial charge in [0.25, 0.3) is 11.5 Å². The van der Waals surface area contributed by atoms with E-state index in [1.54, 1.807) is 11.4 Å². The smallest absolute Gasteiger partial charge is 0.350 e. The van der Waals surface area contributed by atoms with E-state index < -0.39 is 17.4 Å². The van der Waals surface area contributed by atoms with E-state index >= 15 is 0 Å². The maximum Gasteiger partial charge on any atom is 0.350 e. The lowest BCUT2D eigenvalue weighted by Gasteiger charge is -2.24. The summed E-state index contributed by atoms with van der Waals surface area (Å²) in [6, 6.07) is 12.6. The summed E-state index contributed by atoms with van der Waals surface area (Å²) in [6.45, 7) is 0. The van der Waals surface area contributed by atoms with Crippen molar-refractivity contribution in [2.75, 3.05) is 12.4 Å². The molecule has 30 heavy (non-hydrogen) atoms. The second kappa shape index (κ2) is 8.08. The minimum absolute atomic E-state index is 0.0186. The number of amides is 1. The summed E-state index contributed by atoms with van der Waals surface area (Å²) in [4.78, 5) is 52.7. The van der Waals surface area contributed by atoms with Crippen molar-refractivity contribution in [2.24, 2.45) is 0 Å². The van der Waals surface area contributed by atoms with Gasteiger partial charge in [-0.15, -0.1) is 11.3 Å². The molecule has 1 aromatic carbocycles. The van der Waals surface area contributed by atoms with Crippen LogP contribution in [0.5, 0.6) is 0 Å². The molecular weight excluding hydrogens is 404 g/mol. The number of ketones is 1. The molecule has 1 amide bonds. The number of anilines is 1. The average Bonchev–Trinajstić information content (AvgIpc) is 3.21. The van der Waals surface area contributed by atoms with Gasteiger partial charge in [0, 0.05) is 17.7 Å². The number of thiophene rings is 1. The van der Waals surface area contributed by atoms with Gasteiger partial charge in [-0.25, -0.2) is 4.79 Å². The van der Waals surface area contributed by atoms with Crippen LogP contribution in [0.25, 0.3) is 0 Å². The molecule has 0 bridgehead atoms. The molecule has 0 saturated carbocycles. The third-order valence-electron chi connectivity index (χ3n) is 5.11. The van der Waals surface area contributed by atoms with Crippen molar-refractivity contribution >= 4 is 34.7 Å². The Morgan fingerprint density at radius 1 is 1.13 bits per heavy atom. The molecule has 1 atom stereocenters. The number of Topliss-reactive ketones (excluding diaryl/α,β-unsaturated/α-hetero) is 1. The van der Waals surface area contributed by atoms with Gasteiger partial charge in [-0.2, -0.15) is 0 Å². The topological polar surface area (TPSA) is 105 Å². The number of esters is 1. The van der Waals surface area contributed by atoms with E-state index in [0.717, 1.165) is 16.9 Å². The Morgan fingerprint density at radius 2 is 1.90 bits per heavy atom. The van der Waals surface area contributed by atoms with Crippen molar-refractivity contribution in [1.29, 1.82) is 0 Å². The van der Waals surface area contributed by atoms with Crippen LogP contribution in [0.1, 0.15) is 54.0 Å². The molecule has 152 valence electrons. The van der Waals surface area contributed by atoms with Crippen molar-refractivity contribution in [3.05, 3.63) is 85.5 Å². The van der Waals surface area contributed by atoms with Crippen LogP contribution in [0, 0.1) is 0 Å². The summed E-state index contributed by atoms with van der Waals surface area (Å²) >= 11 is 1.12. The van der Waals surface area contributed by atoms with E-state index in [4.69, 9.17) is 0 Å². The SMILES string of the molecule is COC(=O)c1sccc1NC(=O)c1cc2c([nH]c1=O)CC(c1ccccc1)CC2=O. The highest BCUT2D eigenvalue weighted by Gasteiger charge is 2.29. The molecule has 2 heterocycles. The molecule has 0 fully saturated rings. The molecule has 2 aromatic heterocycles. The monoisotopic (exact) mass is 422 g/mol. The standard InChI is InChI=1S/C22H18N2O5S/c1-29-22(28)19-16(7-8-30-19)23-20(26)15-11-14-17(24-21(15)27)9-13(10-18(14)25)12-5-3-2-4-6-12/h2-8,11,13H,9-10H2,1H3,(H,23,26)(H,24,27). The van der Waals surface area contributed by atoms with Crippen molar-refractivity contribution in [1.82, 2.24) is 4.98 Å². The van der Waals surface area contributed by atoms with Crippen molar-refractivity contribution in [2.45, 2.75) is 18.8 Å². The summed E-state index contributed by atoms with van der Waals surface area (Å²) < 4.78 is 4.69. The minimum atomic E-state index is -0.694. The minimum Gasteiger partial charge on any atom is -0.465 e. The first-order valence-electron chi connectivity index (χ1n) is 9.29. The molecule has 8 heteroatoms. The second-order valence-electron chi connectivity index (χ2n) is 6.95. The lowest BCUT2D eigenvalue weighted by molar-refractivity contribution is 0.0607. The summed E-state index contributed by atoms with van der Waals surface area (Å²) in [5.41, 5.74) is 1.42. The number of carbonyl (C=O) groups excluding carboxylic acids is 3. The lowest BCUT2D eigenvalue weighted by atomic mass is 9.81. The maximum absolute atomic E-state index is 12.7. The number of fused-ring (bicyclic) bond motifs is 1. The van der Waals surface area contributed by atoms with Crippen molar-refractivity contribution < 1.29 is 19.1 Å². The molecule has 3 aromatic rings. The van der Waals surface area contributed by atoms with E-state index in [9.17, 15) is 19.2 Å². The largest absolute Gasteiger partial charge is 0.465 e. The number of hydrogen-bond donors (Lipinski definition) is 2. The number of methoxy groups -OCH3 is 1. The van der Waals surface area contributed by atoms with Gasteiger partial charge in [0.15, 0.2) is 5.78 Å². The number of H-pyrrole nitrogens is 1. The zero-order valence-corrected chi connectivity index (χ0v) is 16.9. The summed E-state index contributed by atoms with van der Waals surface area (Å²) in [7, 11) is 1.25. The van der Waals surface area contributed by atoms with Gasteiger partial charge in [-0.3, -0.25) is 14.4 Å². The molecule has 1 aliphatic rings. The maximum atomic E-state index is 12.7. The van der Waals surface area contributed by atoms with Gasteiger partial charge in [0.05, 0.1) is 12.8 Å². The first-order valence-corrected chi connectivity index (χ1v) is 10.2. The Morgan fingerprint density at radius 3 is 2.63 bits per heavy atom. The molecular formula is C22H18N2O5S. The predicted molar refractivity (Wildman–Crippen MR) is 113 cm³/mol. The van der Waals surface area contributed by atoms with E-state index in [1.165, 1.54) is 13.2 Å². The van der Waals surface area contributed by atoms with Crippen LogP contribution in [-0.2, 0) is 11.2 Å². The number of benzene rings is 1. The van der Waals surface area contributed by atoms with Crippen LogP contribution in [0.4, 0.5) is 5.69 Å². The predicted octanol–water partition coefficient (Wildman–Crippen LogP) is 3.39. The molecule has 0 radical (unpaired) electrons. The lowest BCUT2D eigenvalue weighted by Crippen LogP contribution is -2.29. The van der Waals surface area contributed by atoms with Gasteiger partial charge in [0.1, 0.15) is 10.4 Å². The van der Waals surface area contributed by atoms with Gasteiger partial charge >= 0.3 is 5.97 Å². The molecule has 0 saturated heterocycles. The number of rotatable bonds is 4. The third kappa shape index (κ3) is 3.69. The van der Waals surface area contributed by atoms with Crippen LogP contribution < -0.4 is 10.9 Å². The van der Waals surface area contributed by atoms with E-state index in [2.05, 4.69) is 15.0 Å². The fourth-order valence-electron chi connectivity index (χ4n) is 3.61. The molecule has 7 nitrogen and oxygen atoms in total. The number of hydrogen-bond acceptors (Lipinski definition) is 6. The first-order chi connectivity index (χ1) is 14.5. The highest BCUT2D eigenvalue weighted by molar-refractivity contribution is 7.12. The zero-order valence-electron chi connectivity index (χ0n) is 16.1. The van der Waals surface area contributed by atoms with Crippen LogP contribution in [0.3, 0.4) is 0 Å². The molecule has 2 N–H and O–H groups in total. The van der Waals surface area contributed by atoms with E-state index in [-0.39, 0.29) is 27.8 Å². The Kier molecular flexibility index (Phi) is 5.33. The quantitative estimate of drug-likeness (QED) is 0.627. The number of ether oxygens (including phenoxy) is 1. The Bertz CT molecular complexity index is 1200. The fourth-order valence-corrected chi connectivity index (χ4v) is 4.37. The van der Waals surface area contributed by atoms with E-state index in [1.807, 2.05) is 30.3 Å². The van der Waals surface area contributed by atoms with Gasteiger partial charge < -0.3 is 15.0 Å². The number of pyridine rings is 1. The normalized spacial score (nSPS) is 15.4. The number of carbonyl (C=O) groups is 3. The zero-order chi connectivity index (χ0) is 21.3. The Hall–Kier alpha value is -3.52. The number of nitrogens with one attached hydrogen (secondary N) is 2. The summed E-state index contributed by atoms with van der Waals surface area (Å²) in [5, 5.41) is 4.19. The van der Waals surface area contributed by atoms with Crippen LogP contribution in [0.2, 0.25) is 0 Å². The highest BCUT2D eigenvalue weighted by Crippen LogP contribution is 2.31. The number of aromatic nitrogens is 1. The fraction of sp³-hybridized carbons (Fsp3) is 0.182. The first kappa shape index (κ1) is 19.8. The average molecular weight is 422 g/mol. The molecule has 4 rings (SSSR count). The van der Waals surface area contributed by atoms with Gasteiger partial charge in [-0.1, -0.05) is 30.3 Å².